The van der Waals surface area contributed by atoms with E-state index in [9.17, 15) is 9.59 Å². The van der Waals surface area contributed by atoms with Crippen molar-refractivity contribution in [3.05, 3.63) is 121 Å². The second-order valence-electron chi connectivity index (χ2n) is 11.1. The zero-order valence-corrected chi connectivity index (χ0v) is 23.2. The third kappa shape index (κ3) is 4.37. The van der Waals surface area contributed by atoms with Crippen LogP contribution in [0.2, 0.25) is 0 Å². The van der Waals surface area contributed by atoms with Crippen LogP contribution >= 0.6 is 0 Å². The molecule has 2 aromatic heterocycles. The molecule has 3 heterocycles. The fraction of sp³-hybridized carbons (Fsp3) is 0.139. The van der Waals surface area contributed by atoms with Crippen LogP contribution in [-0.2, 0) is 16.0 Å². The Bertz CT molecular complexity index is 1940. The number of H-pyrrole nitrogens is 1. The lowest BCUT2D eigenvalue weighted by Gasteiger charge is -2.35. The average Bonchev–Trinajstić information content (AvgIpc) is 3.67. The first-order valence-electron chi connectivity index (χ1n) is 14.4. The minimum Gasteiger partial charge on any atom is -0.364 e. The number of hydrogen-bond acceptors (Lipinski definition) is 3. The Morgan fingerprint density at radius 1 is 0.833 bits per heavy atom. The Balaban J connectivity index is 1.23. The lowest BCUT2D eigenvalue weighted by atomic mass is 10.0. The predicted octanol–water partition coefficient (Wildman–Crippen LogP) is 6.77. The number of rotatable bonds is 6. The normalized spacial score (nSPS) is 18.4. The van der Waals surface area contributed by atoms with Gasteiger partial charge in [0.25, 0.3) is 5.91 Å². The van der Waals surface area contributed by atoms with E-state index in [-0.39, 0.29) is 16.8 Å². The second kappa shape index (κ2) is 10.4. The van der Waals surface area contributed by atoms with Crippen LogP contribution in [0, 0.1) is 0 Å². The number of quaternary nitrogens is 1. The van der Waals surface area contributed by atoms with Crippen molar-refractivity contribution >= 4 is 39.3 Å². The SMILES string of the molecule is NC(=O)[C@@H]1CCC[N+]1(C(=O)Cc1ccccc1)c1ccc(-c2cc3cc(-c4cccc5cccnc45)ccc3[nH]2)cc1. The molecule has 0 radical (unpaired) electrons. The number of benzene rings is 4. The largest absolute Gasteiger partial charge is 0.364 e. The predicted molar refractivity (Wildman–Crippen MR) is 169 cm³/mol. The highest BCUT2D eigenvalue weighted by Gasteiger charge is 2.52. The molecule has 7 rings (SSSR count). The molecule has 6 heteroatoms. The van der Waals surface area contributed by atoms with E-state index in [1.807, 2.05) is 66.9 Å². The highest BCUT2D eigenvalue weighted by molar-refractivity contribution is 5.99. The molecule has 1 aliphatic rings. The van der Waals surface area contributed by atoms with Gasteiger partial charge in [-0.15, -0.1) is 0 Å². The van der Waals surface area contributed by atoms with E-state index in [1.165, 1.54) is 0 Å². The summed E-state index contributed by atoms with van der Waals surface area (Å²) >= 11 is 0. The Morgan fingerprint density at radius 2 is 1.62 bits per heavy atom. The molecule has 1 saturated heterocycles. The molecule has 1 unspecified atom stereocenters. The quantitative estimate of drug-likeness (QED) is 0.224. The third-order valence-electron chi connectivity index (χ3n) is 8.70. The standard InChI is InChI=1S/C36H30N4O2/c37-36(42)33-12-6-20-40(33,34(41)21-24-7-2-1-3-8-24)29-16-13-25(14-17-29)32-23-28-22-27(15-18-31(28)39-32)30-11-4-9-26-10-5-19-38-35(26)30/h1-5,7-11,13-19,22-23,33,39H,6,12,20-21H2,(H-,37,42)/p+1/t33-,40?/m0/s1. The number of aromatic amines is 1. The number of nitrogens with two attached hydrogens (primary N) is 1. The lowest BCUT2D eigenvalue weighted by molar-refractivity contribution is -0.135. The van der Waals surface area contributed by atoms with Crippen molar-refractivity contribution in [2.45, 2.75) is 25.3 Å². The molecule has 2 atom stereocenters. The smallest absolute Gasteiger partial charge is 0.323 e. The third-order valence-corrected chi connectivity index (χ3v) is 8.70. The monoisotopic (exact) mass is 551 g/mol. The van der Waals surface area contributed by atoms with Crippen molar-refractivity contribution in [1.29, 1.82) is 0 Å². The van der Waals surface area contributed by atoms with Gasteiger partial charge in [0.05, 0.1) is 18.5 Å². The summed E-state index contributed by atoms with van der Waals surface area (Å²) in [5.41, 5.74) is 13.9. The van der Waals surface area contributed by atoms with Crippen LogP contribution in [0.25, 0.3) is 44.2 Å². The molecule has 42 heavy (non-hydrogen) atoms. The molecule has 6 aromatic rings. The number of para-hydroxylation sites is 1. The molecule has 1 aliphatic heterocycles. The maximum atomic E-state index is 13.9. The van der Waals surface area contributed by atoms with Crippen LogP contribution in [0.15, 0.2) is 115 Å². The molecular weight excluding hydrogens is 520 g/mol. The van der Waals surface area contributed by atoms with Gasteiger partial charge in [0, 0.05) is 58.7 Å². The van der Waals surface area contributed by atoms with E-state index in [0.717, 1.165) is 61.9 Å². The summed E-state index contributed by atoms with van der Waals surface area (Å²) < 4.78 is -0.0281. The van der Waals surface area contributed by atoms with Gasteiger partial charge < -0.3 is 10.7 Å². The maximum Gasteiger partial charge on any atom is 0.323 e. The Kier molecular flexibility index (Phi) is 6.40. The van der Waals surface area contributed by atoms with Crippen molar-refractivity contribution in [3.63, 3.8) is 0 Å². The number of aromatic nitrogens is 2. The van der Waals surface area contributed by atoms with Gasteiger partial charge in [-0.25, -0.2) is 9.28 Å². The van der Waals surface area contributed by atoms with E-state index in [0.29, 0.717) is 13.0 Å². The number of likely N-dealkylation sites (tertiary alicyclic amines) is 1. The van der Waals surface area contributed by atoms with Crippen molar-refractivity contribution in [1.82, 2.24) is 14.5 Å². The molecule has 1 fully saturated rings. The summed E-state index contributed by atoms with van der Waals surface area (Å²) in [6.07, 6.45) is 3.46. The van der Waals surface area contributed by atoms with Gasteiger partial charge in [0.15, 0.2) is 6.04 Å². The zero-order valence-electron chi connectivity index (χ0n) is 23.2. The van der Waals surface area contributed by atoms with E-state index in [1.54, 1.807) is 0 Å². The maximum absolute atomic E-state index is 13.9. The van der Waals surface area contributed by atoms with E-state index in [2.05, 4.69) is 58.5 Å². The minimum absolute atomic E-state index is 0.00341. The number of hydrogen-bond donors (Lipinski definition) is 2. The number of primary amides is 1. The van der Waals surface area contributed by atoms with Gasteiger partial charge >= 0.3 is 5.91 Å². The molecule has 2 amide bonds. The van der Waals surface area contributed by atoms with Crippen molar-refractivity contribution in [3.8, 4) is 22.4 Å². The second-order valence-corrected chi connectivity index (χ2v) is 11.1. The van der Waals surface area contributed by atoms with E-state index < -0.39 is 11.9 Å². The first-order valence-corrected chi connectivity index (χ1v) is 14.4. The number of carbonyl (C=O) groups is 2. The van der Waals surface area contributed by atoms with Crippen molar-refractivity contribution < 1.29 is 9.59 Å². The van der Waals surface area contributed by atoms with E-state index >= 15 is 0 Å². The first-order chi connectivity index (χ1) is 20.5. The minimum atomic E-state index is -0.567. The molecule has 0 aliphatic carbocycles. The molecule has 6 nitrogen and oxygen atoms in total. The Hall–Kier alpha value is -5.07. The summed E-state index contributed by atoms with van der Waals surface area (Å²) in [6, 6.07) is 36.0. The highest BCUT2D eigenvalue weighted by Crippen LogP contribution is 2.38. The van der Waals surface area contributed by atoms with Crippen molar-refractivity contribution in [2.75, 3.05) is 6.54 Å². The number of amides is 2. The fourth-order valence-corrected chi connectivity index (χ4v) is 6.63. The molecule has 0 saturated carbocycles. The van der Waals surface area contributed by atoms with Crippen LogP contribution in [0.3, 0.4) is 0 Å². The van der Waals surface area contributed by atoms with Gasteiger partial charge in [-0.05, 0) is 53.1 Å². The van der Waals surface area contributed by atoms with Crippen LogP contribution in [0.4, 0.5) is 5.69 Å². The fourth-order valence-electron chi connectivity index (χ4n) is 6.63. The van der Waals surface area contributed by atoms with Gasteiger partial charge in [-0.3, -0.25) is 9.78 Å². The summed E-state index contributed by atoms with van der Waals surface area (Å²) in [5.74, 6) is -0.429. The number of nitrogens with one attached hydrogen (secondary N) is 1. The molecule has 206 valence electrons. The lowest BCUT2D eigenvalue weighted by Crippen LogP contribution is -2.62. The summed E-state index contributed by atoms with van der Waals surface area (Å²) in [7, 11) is 0. The molecule has 0 bridgehead atoms. The van der Waals surface area contributed by atoms with Gasteiger partial charge in [-0.2, -0.15) is 0 Å². The Labute approximate surface area is 244 Å². The Morgan fingerprint density at radius 3 is 2.43 bits per heavy atom. The zero-order chi connectivity index (χ0) is 28.7. The van der Waals surface area contributed by atoms with Crippen LogP contribution < -0.4 is 10.2 Å². The average molecular weight is 552 g/mol. The van der Waals surface area contributed by atoms with Crippen LogP contribution in [0.1, 0.15) is 18.4 Å². The number of carbonyl (C=O) groups excluding carboxylic acids is 2. The number of fused-ring (bicyclic) bond motifs is 2. The number of pyridine rings is 1. The van der Waals surface area contributed by atoms with Crippen LogP contribution in [0.5, 0.6) is 0 Å². The van der Waals surface area contributed by atoms with Crippen molar-refractivity contribution in [2.24, 2.45) is 5.73 Å². The molecule has 4 aromatic carbocycles. The van der Waals surface area contributed by atoms with Crippen LogP contribution in [-0.4, -0.2) is 34.4 Å². The molecular formula is C36H31N4O2+. The highest BCUT2D eigenvalue weighted by atomic mass is 16.2. The summed E-state index contributed by atoms with van der Waals surface area (Å²) in [5, 5.41) is 2.22. The van der Waals surface area contributed by atoms with Gasteiger partial charge in [0.2, 0.25) is 0 Å². The summed E-state index contributed by atoms with van der Waals surface area (Å²) in [4.78, 5) is 34.7. The molecule has 3 N–H and O–H groups in total. The van der Waals surface area contributed by atoms with Gasteiger partial charge in [0.1, 0.15) is 5.69 Å². The number of nitrogens with zero attached hydrogens (tertiary/aromatic N) is 2. The first kappa shape index (κ1) is 25.9. The van der Waals surface area contributed by atoms with Gasteiger partial charge in [-0.1, -0.05) is 60.7 Å². The summed E-state index contributed by atoms with van der Waals surface area (Å²) in [6.45, 7) is 0.566. The van der Waals surface area contributed by atoms with E-state index in [4.69, 9.17) is 5.73 Å². The molecule has 0 spiro atoms. The topological polar surface area (TPSA) is 88.8 Å².